The monoisotopic (exact) mass is 377 g/mol. The molecule has 0 bridgehead atoms. The Balaban J connectivity index is 2.41. The van der Waals surface area contributed by atoms with Crippen molar-refractivity contribution in [3.63, 3.8) is 0 Å². The lowest BCUT2D eigenvalue weighted by molar-refractivity contribution is 0.102. The summed E-state index contributed by atoms with van der Waals surface area (Å²) < 4.78 is 2.08. The Bertz CT molecular complexity index is 889. The van der Waals surface area contributed by atoms with Crippen LogP contribution in [0.15, 0.2) is 17.1 Å². The lowest BCUT2D eigenvalue weighted by atomic mass is 10.0. The molecule has 3 rings (SSSR count). The number of anilines is 1. The van der Waals surface area contributed by atoms with E-state index in [1.54, 1.807) is 0 Å². The molecule has 0 saturated heterocycles. The number of alkyl halides is 1. The van der Waals surface area contributed by atoms with Crippen LogP contribution in [-0.4, -0.2) is 27.6 Å². The number of carbonyl (C=O) groups is 1. The highest BCUT2D eigenvalue weighted by Crippen LogP contribution is 2.37. The Morgan fingerprint density at radius 1 is 1.24 bits per heavy atom. The summed E-state index contributed by atoms with van der Waals surface area (Å²) in [6, 6.07) is 4.28. The summed E-state index contributed by atoms with van der Waals surface area (Å²) in [6.45, 7) is 10.1. The molecule has 2 heterocycles. The van der Waals surface area contributed by atoms with Crippen molar-refractivity contribution in [3.8, 4) is 5.69 Å². The number of aliphatic imine (C=N–C) groups is 1. The summed E-state index contributed by atoms with van der Waals surface area (Å²) in [5.74, 6) is 0.554. The lowest BCUT2D eigenvalue weighted by Crippen LogP contribution is -2.23. The van der Waals surface area contributed by atoms with Crippen LogP contribution in [-0.2, 0) is 0 Å². The van der Waals surface area contributed by atoms with E-state index in [-0.39, 0.29) is 17.8 Å². The number of benzene rings is 1. The Hall–Kier alpha value is -1.78. The van der Waals surface area contributed by atoms with E-state index in [2.05, 4.69) is 47.8 Å². The van der Waals surface area contributed by atoms with Crippen molar-refractivity contribution in [2.24, 2.45) is 4.99 Å². The van der Waals surface area contributed by atoms with Crippen molar-refractivity contribution in [2.75, 3.05) is 11.2 Å². The molecule has 1 aromatic carbocycles. The molecular weight excluding hydrogens is 357 g/mol. The molecule has 0 saturated carbocycles. The highest BCUT2D eigenvalue weighted by molar-refractivity contribution is 6.71. The Labute approximate surface area is 157 Å². The summed E-state index contributed by atoms with van der Waals surface area (Å²) in [7, 11) is 0. The molecule has 2 aromatic rings. The van der Waals surface area contributed by atoms with E-state index >= 15 is 0 Å². The largest absolute Gasteiger partial charge is 0.349 e. The Morgan fingerprint density at radius 3 is 2.40 bits per heavy atom. The molecule has 132 valence electrons. The SMILES string of the molecule is Cc1cc(C)c(-n2c(C)c(C(=O)CCl)c3c2NC(C)N=C3Cl)c(C)c1. The van der Waals surface area contributed by atoms with Gasteiger partial charge >= 0.3 is 0 Å². The summed E-state index contributed by atoms with van der Waals surface area (Å²) in [6.07, 6.45) is -0.168. The fourth-order valence-electron chi connectivity index (χ4n) is 3.71. The number of ketones is 1. The molecule has 6 heteroatoms. The number of fused-ring (bicyclic) bond motifs is 1. The van der Waals surface area contributed by atoms with Gasteiger partial charge < -0.3 is 5.32 Å². The van der Waals surface area contributed by atoms with E-state index in [0.717, 1.165) is 28.3 Å². The van der Waals surface area contributed by atoms with Gasteiger partial charge in [0, 0.05) is 5.69 Å². The van der Waals surface area contributed by atoms with Gasteiger partial charge in [-0.2, -0.15) is 0 Å². The van der Waals surface area contributed by atoms with Gasteiger partial charge in [0.05, 0.1) is 22.7 Å². The minimum Gasteiger partial charge on any atom is -0.349 e. The van der Waals surface area contributed by atoms with E-state index < -0.39 is 0 Å². The number of halogens is 2. The minimum absolute atomic E-state index is 0.0944. The Kier molecular flexibility index (Phi) is 4.69. The van der Waals surface area contributed by atoms with Crippen molar-refractivity contribution in [3.05, 3.63) is 45.6 Å². The van der Waals surface area contributed by atoms with Gasteiger partial charge in [0.15, 0.2) is 5.78 Å². The van der Waals surface area contributed by atoms with Gasteiger partial charge in [0.1, 0.15) is 17.2 Å². The van der Waals surface area contributed by atoms with Crippen LogP contribution in [0, 0.1) is 27.7 Å². The molecule has 1 unspecified atom stereocenters. The van der Waals surface area contributed by atoms with Gasteiger partial charge in [0.2, 0.25) is 0 Å². The zero-order chi connectivity index (χ0) is 18.5. The van der Waals surface area contributed by atoms with Gasteiger partial charge in [0.25, 0.3) is 0 Å². The minimum atomic E-state index is -0.168. The molecule has 1 atom stereocenters. The number of hydrogen-bond donors (Lipinski definition) is 1. The number of Topliss-reactive ketones (excluding diaryl/α,β-unsaturated/α-hetero) is 1. The maximum Gasteiger partial charge on any atom is 0.180 e. The second-order valence-electron chi connectivity index (χ2n) is 6.56. The first-order valence-corrected chi connectivity index (χ1v) is 9.10. The highest BCUT2D eigenvalue weighted by Gasteiger charge is 2.31. The second kappa shape index (κ2) is 6.50. The molecule has 0 fully saturated rings. The number of rotatable bonds is 3. The van der Waals surface area contributed by atoms with Crippen LogP contribution in [0.3, 0.4) is 0 Å². The smallest absolute Gasteiger partial charge is 0.180 e. The molecule has 0 radical (unpaired) electrons. The third-order valence-electron chi connectivity index (χ3n) is 4.53. The summed E-state index contributed by atoms with van der Waals surface area (Å²) in [5.41, 5.74) is 6.53. The topological polar surface area (TPSA) is 46.4 Å². The van der Waals surface area contributed by atoms with E-state index in [9.17, 15) is 4.79 Å². The summed E-state index contributed by atoms with van der Waals surface area (Å²) >= 11 is 12.3. The van der Waals surface area contributed by atoms with Crippen molar-refractivity contribution >= 4 is 40.0 Å². The number of carbonyl (C=O) groups excluding carboxylic acids is 1. The average Bonchev–Trinajstić information content (AvgIpc) is 2.79. The van der Waals surface area contributed by atoms with Crippen LogP contribution in [0.2, 0.25) is 0 Å². The first-order chi connectivity index (χ1) is 11.8. The lowest BCUT2D eigenvalue weighted by Gasteiger charge is -2.23. The first-order valence-electron chi connectivity index (χ1n) is 8.19. The standard InChI is InChI=1S/C19H21Cl2N3O/c1-9-6-10(2)17(11(3)7-9)24-12(4)15(14(25)8-20)16-18(21)22-13(5)23-19(16)24/h6-7,13,23H,8H2,1-5H3. The molecule has 0 spiro atoms. The van der Waals surface area contributed by atoms with E-state index in [0.29, 0.717) is 16.3 Å². The summed E-state index contributed by atoms with van der Waals surface area (Å²) in [4.78, 5) is 16.9. The quantitative estimate of drug-likeness (QED) is 0.611. The molecule has 25 heavy (non-hydrogen) atoms. The summed E-state index contributed by atoms with van der Waals surface area (Å²) in [5, 5.41) is 3.71. The van der Waals surface area contributed by atoms with E-state index in [4.69, 9.17) is 23.2 Å². The van der Waals surface area contributed by atoms with Crippen LogP contribution in [0.25, 0.3) is 5.69 Å². The van der Waals surface area contributed by atoms with Crippen molar-refractivity contribution in [2.45, 2.75) is 40.8 Å². The molecule has 4 nitrogen and oxygen atoms in total. The number of aromatic nitrogens is 1. The number of hydrogen-bond acceptors (Lipinski definition) is 3. The van der Waals surface area contributed by atoms with Crippen LogP contribution in [0.5, 0.6) is 0 Å². The predicted octanol–water partition coefficient (Wildman–Crippen LogP) is 4.89. The molecule has 0 aliphatic carbocycles. The Morgan fingerprint density at radius 2 is 1.84 bits per heavy atom. The van der Waals surface area contributed by atoms with Crippen molar-refractivity contribution < 1.29 is 4.79 Å². The van der Waals surface area contributed by atoms with Crippen molar-refractivity contribution in [1.29, 1.82) is 0 Å². The van der Waals surface area contributed by atoms with Crippen LogP contribution in [0.4, 0.5) is 5.82 Å². The molecule has 1 aliphatic heterocycles. The van der Waals surface area contributed by atoms with Gasteiger partial charge in [-0.25, -0.2) is 4.99 Å². The van der Waals surface area contributed by atoms with Gasteiger partial charge in [-0.1, -0.05) is 29.3 Å². The average molecular weight is 378 g/mol. The second-order valence-corrected chi connectivity index (χ2v) is 7.19. The fourth-order valence-corrected chi connectivity index (χ4v) is 4.17. The third-order valence-corrected chi connectivity index (χ3v) is 5.06. The van der Waals surface area contributed by atoms with Crippen molar-refractivity contribution in [1.82, 2.24) is 4.57 Å². The molecular formula is C19H21Cl2N3O. The molecule has 0 amide bonds. The van der Waals surface area contributed by atoms with Crippen LogP contribution in [0.1, 0.15) is 45.2 Å². The van der Waals surface area contributed by atoms with Crippen LogP contribution >= 0.6 is 23.2 Å². The van der Waals surface area contributed by atoms with Crippen LogP contribution < -0.4 is 5.32 Å². The van der Waals surface area contributed by atoms with E-state index in [1.165, 1.54) is 5.56 Å². The van der Waals surface area contributed by atoms with Gasteiger partial charge in [-0.15, -0.1) is 11.6 Å². The number of aryl methyl sites for hydroxylation is 3. The molecule has 1 aliphatic rings. The molecule has 1 N–H and O–H groups in total. The number of nitrogens with one attached hydrogen (secondary N) is 1. The molecule has 1 aromatic heterocycles. The van der Waals surface area contributed by atoms with Gasteiger partial charge in [-0.3, -0.25) is 9.36 Å². The highest BCUT2D eigenvalue weighted by atomic mass is 35.5. The third kappa shape index (κ3) is 2.87. The zero-order valence-electron chi connectivity index (χ0n) is 15.0. The first kappa shape index (κ1) is 18.0. The zero-order valence-corrected chi connectivity index (χ0v) is 16.5. The maximum absolute atomic E-state index is 12.5. The van der Waals surface area contributed by atoms with E-state index in [1.807, 2.05) is 13.8 Å². The maximum atomic E-state index is 12.5. The number of nitrogens with zero attached hydrogens (tertiary/aromatic N) is 2. The normalized spacial score (nSPS) is 16.3. The van der Waals surface area contributed by atoms with Gasteiger partial charge in [-0.05, 0) is 45.7 Å². The predicted molar refractivity (Wildman–Crippen MR) is 105 cm³/mol. The fraction of sp³-hybridized carbons (Fsp3) is 0.368.